The number of alkyl halides is 3. The van der Waals surface area contributed by atoms with Crippen LogP contribution in [0, 0.1) is 0 Å². The number of hydrogen-bond donors (Lipinski definition) is 1. The van der Waals surface area contributed by atoms with Crippen molar-refractivity contribution in [2.75, 3.05) is 25.6 Å². The van der Waals surface area contributed by atoms with Gasteiger partial charge in [0, 0.05) is 24.7 Å². The molecule has 0 bridgehead atoms. The zero-order valence-electron chi connectivity index (χ0n) is 16.3. The largest absolute Gasteiger partial charge is 0.490 e. The second kappa shape index (κ2) is 8.73. The van der Waals surface area contributed by atoms with E-state index in [0.29, 0.717) is 36.0 Å². The predicted octanol–water partition coefficient (Wildman–Crippen LogP) is 4.33. The quantitative estimate of drug-likeness (QED) is 0.800. The molecule has 0 saturated carbocycles. The predicted molar refractivity (Wildman–Crippen MR) is 103 cm³/mol. The first-order chi connectivity index (χ1) is 13.7. The lowest BCUT2D eigenvalue weighted by atomic mass is 10.1. The summed E-state index contributed by atoms with van der Waals surface area (Å²) in [5.74, 6) is 0.939. The summed E-state index contributed by atoms with van der Waals surface area (Å²) in [5.41, 5.74) is 0.351. The molecular weight excluding hydrogens is 385 g/mol. The van der Waals surface area contributed by atoms with Gasteiger partial charge in [0.25, 0.3) is 0 Å². The van der Waals surface area contributed by atoms with E-state index < -0.39 is 17.8 Å². The van der Waals surface area contributed by atoms with Crippen molar-refractivity contribution in [3.63, 3.8) is 0 Å². The van der Waals surface area contributed by atoms with Gasteiger partial charge in [-0.1, -0.05) is 18.2 Å². The van der Waals surface area contributed by atoms with Gasteiger partial charge >= 0.3 is 6.18 Å². The Labute approximate surface area is 167 Å². The van der Waals surface area contributed by atoms with Crippen LogP contribution in [-0.2, 0) is 17.5 Å². The summed E-state index contributed by atoms with van der Waals surface area (Å²) in [7, 11) is 1.69. The van der Waals surface area contributed by atoms with Crippen LogP contribution in [0.15, 0.2) is 42.5 Å². The van der Waals surface area contributed by atoms with Crippen molar-refractivity contribution in [1.82, 2.24) is 4.90 Å². The molecule has 0 spiro atoms. The third-order valence-electron chi connectivity index (χ3n) is 4.74. The summed E-state index contributed by atoms with van der Waals surface area (Å²) >= 11 is 0. The molecule has 1 heterocycles. The van der Waals surface area contributed by atoms with E-state index in [4.69, 9.17) is 9.47 Å². The summed E-state index contributed by atoms with van der Waals surface area (Å²) in [5, 5.41) is 2.82. The smallest absolute Gasteiger partial charge is 0.416 e. The van der Waals surface area contributed by atoms with Gasteiger partial charge in [-0.15, -0.1) is 0 Å². The molecule has 2 aromatic rings. The first-order valence-corrected chi connectivity index (χ1v) is 9.31. The van der Waals surface area contributed by atoms with Crippen LogP contribution in [-0.4, -0.2) is 37.1 Å². The van der Waals surface area contributed by atoms with Crippen LogP contribution < -0.4 is 14.8 Å². The van der Waals surface area contributed by atoms with Gasteiger partial charge in [-0.05, 0) is 37.7 Å². The summed E-state index contributed by atoms with van der Waals surface area (Å²) in [6.07, 6.45) is -3.61. The molecule has 1 unspecified atom stereocenters. The SMILES string of the molecule is CC(C(=O)Nc1ccc2c(c1)OCCCO2)N(C)Cc1cccc(C(F)(F)F)c1. The fraction of sp³-hybridized carbons (Fsp3) is 0.381. The van der Waals surface area contributed by atoms with Crippen LogP contribution in [0.25, 0.3) is 0 Å². The summed E-state index contributed by atoms with van der Waals surface area (Å²) < 4.78 is 49.8. The van der Waals surface area contributed by atoms with Crippen molar-refractivity contribution >= 4 is 11.6 Å². The zero-order valence-corrected chi connectivity index (χ0v) is 16.3. The van der Waals surface area contributed by atoms with Gasteiger partial charge in [-0.3, -0.25) is 9.69 Å². The Morgan fingerprint density at radius 2 is 1.86 bits per heavy atom. The number of carbonyl (C=O) groups is 1. The molecule has 29 heavy (non-hydrogen) atoms. The minimum absolute atomic E-state index is 0.208. The molecule has 0 aliphatic carbocycles. The molecule has 8 heteroatoms. The average molecular weight is 408 g/mol. The molecular formula is C21H23F3N2O3. The number of rotatable bonds is 5. The van der Waals surface area contributed by atoms with Crippen molar-refractivity contribution in [3.05, 3.63) is 53.6 Å². The maximum absolute atomic E-state index is 12.9. The molecule has 1 aliphatic rings. The Bertz CT molecular complexity index is 870. The maximum Gasteiger partial charge on any atom is 0.416 e. The Balaban J connectivity index is 1.63. The second-order valence-electron chi connectivity index (χ2n) is 6.99. The Hall–Kier alpha value is -2.74. The van der Waals surface area contributed by atoms with Crippen molar-refractivity contribution in [3.8, 4) is 11.5 Å². The molecule has 0 fully saturated rings. The van der Waals surface area contributed by atoms with Gasteiger partial charge < -0.3 is 14.8 Å². The molecule has 0 saturated heterocycles. The van der Waals surface area contributed by atoms with Gasteiger partial charge in [0.1, 0.15) is 0 Å². The lowest BCUT2D eigenvalue weighted by Crippen LogP contribution is -2.39. The van der Waals surface area contributed by atoms with Crippen molar-refractivity contribution < 1.29 is 27.4 Å². The fourth-order valence-corrected chi connectivity index (χ4v) is 2.96. The molecule has 1 N–H and O–H groups in total. The molecule has 0 aromatic heterocycles. The van der Waals surface area contributed by atoms with Gasteiger partial charge in [0.2, 0.25) is 5.91 Å². The van der Waals surface area contributed by atoms with E-state index in [1.807, 2.05) is 0 Å². The lowest BCUT2D eigenvalue weighted by molar-refractivity contribution is -0.137. The highest BCUT2D eigenvalue weighted by molar-refractivity contribution is 5.94. The van der Waals surface area contributed by atoms with Gasteiger partial charge in [-0.2, -0.15) is 13.2 Å². The monoisotopic (exact) mass is 408 g/mol. The Morgan fingerprint density at radius 3 is 2.59 bits per heavy atom. The Kier molecular flexibility index (Phi) is 6.32. The van der Waals surface area contributed by atoms with E-state index in [1.165, 1.54) is 6.07 Å². The van der Waals surface area contributed by atoms with E-state index in [9.17, 15) is 18.0 Å². The molecule has 1 amide bonds. The summed E-state index contributed by atoms with van der Waals surface area (Å²) in [6, 6.07) is 9.74. The van der Waals surface area contributed by atoms with Crippen LogP contribution in [0.1, 0.15) is 24.5 Å². The highest BCUT2D eigenvalue weighted by Crippen LogP contribution is 2.32. The van der Waals surface area contributed by atoms with Crippen LogP contribution in [0.3, 0.4) is 0 Å². The zero-order chi connectivity index (χ0) is 21.0. The number of amides is 1. The number of hydrogen-bond acceptors (Lipinski definition) is 4. The van der Waals surface area contributed by atoms with Crippen LogP contribution in [0.2, 0.25) is 0 Å². The lowest BCUT2D eigenvalue weighted by Gasteiger charge is -2.24. The topological polar surface area (TPSA) is 50.8 Å². The Morgan fingerprint density at radius 1 is 1.14 bits per heavy atom. The van der Waals surface area contributed by atoms with Crippen LogP contribution >= 0.6 is 0 Å². The van der Waals surface area contributed by atoms with E-state index in [-0.39, 0.29) is 12.5 Å². The second-order valence-corrected chi connectivity index (χ2v) is 6.99. The molecule has 3 rings (SSSR count). The molecule has 1 aliphatic heterocycles. The number of nitrogens with zero attached hydrogens (tertiary/aromatic N) is 1. The number of benzene rings is 2. The molecule has 2 aromatic carbocycles. The highest BCUT2D eigenvalue weighted by atomic mass is 19.4. The van der Waals surface area contributed by atoms with Crippen LogP contribution in [0.4, 0.5) is 18.9 Å². The number of carbonyl (C=O) groups excluding carboxylic acids is 1. The number of nitrogens with one attached hydrogen (secondary N) is 1. The number of halogens is 3. The number of anilines is 1. The van der Waals surface area contributed by atoms with E-state index in [0.717, 1.165) is 18.6 Å². The van der Waals surface area contributed by atoms with Crippen molar-refractivity contribution in [2.24, 2.45) is 0 Å². The maximum atomic E-state index is 12.9. The van der Waals surface area contributed by atoms with Gasteiger partial charge in [0.15, 0.2) is 11.5 Å². The third-order valence-corrected chi connectivity index (χ3v) is 4.74. The molecule has 5 nitrogen and oxygen atoms in total. The summed E-state index contributed by atoms with van der Waals surface area (Å²) in [4.78, 5) is 14.3. The third kappa shape index (κ3) is 5.41. The van der Waals surface area contributed by atoms with E-state index in [2.05, 4.69) is 5.32 Å². The van der Waals surface area contributed by atoms with E-state index in [1.54, 1.807) is 43.1 Å². The average Bonchev–Trinajstić information content (AvgIpc) is 2.91. The molecule has 1 atom stereocenters. The molecule has 156 valence electrons. The highest BCUT2D eigenvalue weighted by Gasteiger charge is 2.30. The number of ether oxygens (including phenoxy) is 2. The van der Waals surface area contributed by atoms with Crippen molar-refractivity contribution in [1.29, 1.82) is 0 Å². The first-order valence-electron chi connectivity index (χ1n) is 9.31. The minimum atomic E-state index is -4.39. The van der Waals surface area contributed by atoms with Gasteiger partial charge in [-0.25, -0.2) is 0 Å². The first kappa shape index (κ1) is 21.0. The normalized spacial score (nSPS) is 15.0. The summed E-state index contributed by atoms with van der Waals surface area (Å²) in [6.45, 7) is 3.03. The standard InChI is InChI=1S/C21H23F3N2O3/c1-14(26(2)13-15-5-3-6-16(11-15)21(22,23)24)20(27)25-17-7-8-18-19(12-17)29-10-4-9-28-18/h3,5-8,11-12,14H,4,9-10,13H2,1-2H3,(H,25,27). The molecule has 0 radical (unpaired) electrons. The number of fused-ring (bicyclic) bond motifs is 1. The minimum Gasteiger partial charge on any atom is -0.490 e. The van der Waals surface area contributed by atoms with E-state index >= 15 is 0 Å². The van der Waals surface area contributed by atoms with Gasteiger partial charge in [0.05, 0.1) is 24.8 Å². The fourth-order valence-electron chi connectivity index (χ4n) is 2.96. The van der Waals surface area contributed by atoms with Crippen LogP contribution in [0.5, 0.6) is 11.5 Å². The number of likely N-dealkylation sites (N-methyl/N-ethyl adjacent to an activating group) is 1. The van der Waals surface area contributed by atoms with Crippen molar-refractivity contribution in [2.45, 2.75) is 32.1 Å².